The van der Waals surface area contributed by atoms with Crippen molar-refractivity contribution in [3.8, 4) is 0 Å². The Balaban J connectivity index is 2.14. The zero-order valence-electron chi connectivity index (χ0n) is 4.84. The summed E-state index contributed by atoms with van der Waals surface area (Å²) >= 11 is 0. The fraction of sp³-hybridized carbons (Fsp3) is 0.833. The third-order valence-corrected chi connectivity index (χ3v) is 1.51. The van der Waals surface area contributed by atoms with Gasteiger partial charge < -0.3 is 4.84 Å². The van der Waals surface area contributed by atoms with Crippen LogP contribution in [-0.2, 0) is 4.84 Å². The second-order valence-corrected chi connectivity index (χ2v) is 2.12. The van der Waals surface area contributed by atoms with Gasteiger partial charge in [0.05, 0.1) is 6.72 Å². The smallest absolute Gasteiger partial charge is 0.127 e. The van der Waals surface area contributed by atoms with Crippen LogP contribution in [0.5, 0.6) is 0 Å². The van der Waals surface area contributed by atoms with Crippen LogP contribution in [0.15, 0.2) is 5.16 Å². The van der Waals surface area contributed by atoms with E-state index in [4.69, 9.17) is 11.6 Å². The average molecular weight is 112 g/mol. The highest BCUT2D eigenvalue weighted by atomic mass is 16.6. The zero-order valence-corrected chi connectivity index (χ0v) is 4.84. The van der Waals surface area contributed by atoms with Crippen molar-refractivity contribution >= 4 is 6.72 Å². The Morgan fingerprint density at radius 1 is 1.38 bits per heavy atom. The van der Waals surface area contributed by atoms with Gasteiger partial charge in [-0.2, -0.15) is 0 Å². The first-order valence-corrected chi connectivity index (χ1v) is 2.99. The van der Waals surface area contributed by atoms with Crippen molar-refractivity contribution in [2.75, 3.05) is 0 Å². The summed E-state index contributed by atoms with van der Waals surface area (Å²) in [5, 5.41) is 3.12. The van der Waals surface area contributed by atoms with Crippen LogP contribution in [0.4, 0.5) is 0 Å². The molecule has 0 aromatic rings. The largest absolute Gasteiger partial charge is 0.392 e. The number of rotatable bonds is 2. The van der Waals surface area contributed by atoms with E-state index < -0.39 is 0 Å². The predicted molar refractivity (Wildman–Crippen MR) is 31.8 cm³/mol. The first kappa shape index (κ1) is 5.60. The highest BCUT2D eigenvalue weighted by molar-refractivity contribution is 5.21. The summed E-state index contributed by atoms with van der Waals surface area (Å²) in [5.41, 5.74) is 0. The van der Waals surface area contributed by atoms with E-state index in [-0.39, 0.29) is 0 Å². The van der Waals surface area contributed by atoms with Crippen LogP contribution in [0, 0.1) is 0 Å². The quantitative estimate of drug-likeness (QED) is 0.391. The van der Waals surface area contributed by atoms with Crippen molar-refractivity contribution in [2.24, 2.45) is 5.16 Å². The van der Waals surface area contributed by atoms with Gasteiger partial charge in [0.1, 0.15) is 6.10 Å². The zero-order chi connectivity index (χ0) is 5.82. The van der Waals surface area contributed by atoms with Gasteiger partial charge in [-0.25, -0.2) is 0 Å². The van der Waals surface area contributed by atoms with Crippen molar-refractivity contribution in [1.29, 1.82) is 0 Å². The Kier molecular flexibility index (Phi) is 1.89. The van der Waals surface area contributed by atoms with Gasteiger partial charge in [-0.05, 0) is 25.7 Å². The van der Waals surface area contributed by atoms with E-state index in [9.17, 15) is 0 Å². The van der Waals surface area contributed by atoms with Crippen LogP contribution in [-0.4, -0.2) is 12.8 Å². The Hall–Kier alpha value is -0.530. The molecule has 0 spiro atoms. The molecule has 0 atom stereocenters. The van der Waals surface area contributed by atoms with E-state index in [2.05, 4.69) is 5.16 Å². The lowest BCUT2D eigenvalue weighted by atomic mass is 10.3. The summed E-state index contributed by atoms with van der Waals surface area (Å²) in [6.07, 6.45) is 5.10. The molecular formula is C6H10NO. The van der Waals surface area contributed by atoms with Gasteiger partial charge >= 0.3 is 0 Å². The predicted octanol–water partition coefficient (Wildman–Crippen LogP) is 1.44. The minimum Gasteiger partial charge on any atom is -0.392 e. The van der Waals surface area contributed by atoms with Gasteiger partial charge in [0, 0.05) is 0 Å². The second kappa shape index (κ2) is 2.70. The molecule has 2 heteroatoms. The maximum absolute atomic E-state index is 4.81. The summed E-state index contributed by atoms with van der Waals surface area (Å²) in [5.74, 6) is 0. The first-order chi connectivity index (χ1) is 3.93. The summed E-state index contributed by atoms with van der Waals surface area (Å²) < 4.78 is 0. The van der Waals surface area contributed by atoms with Crippen LogP contribution in [0.2, 0.25) is 0 Å². The van der Waals surface area contributed by atoms with Gasteiger partial charge in [-0.3, -0.25) is 0 Å². The maximum Gasteiger partial charge on any atom is 0.127 e. The molecule has 8 heavy (non-hydrogen) atoms. The molecule has 1 aliphatic carbocycles. The molecule has 0 aromatic carbocycles. The monoisotopic (exact) mass is 112 g/mol. The third-order valence-electron chi connectivity index (χ3n) is 1.51. The molecule has 0 unspecified atom stereocenters. The van der Waals surface area contributed by atoms with E-state index in [0.717, 1.165) is 12.8 Å². The molecule has 1 aliphatic rings. The number of hydrogen-bond acceptors (Lipinski definition) is 2. The molecule has 0 aliphatic heterocycles. The number of nitrogens with zero attached hydrogens (tertiary/aromatic N) is 1. The molecule has 0 bridgehead atoms. The molecule has 0 saturated heterocycles. The van der Waals surface area contributed by atoms with Crippen LogP contribution in [0.25, 0.3) is 0 Å². The third kappa shape index (κ3) is 1.22. The highest BCUT2D eigenvalue weighted by Crippen LogP contribution is 2.20. The molecular weight excluding hydrogens is 102 g/mol. The topological polar surface area (TPSA) is 21.6 Å². The molecule has 2 nitrogen and oxygen atoms in total. The van der Waals surface area contributed by atoms with E-state index in [0.29, 0.717) is 6.10 Å². The molecule has 0 aromatic heterocycles. The second-order valence-electron chi connectivity index (χ2n) is 2.12. The van der Waals surface area contributed by atoms with Gasteiger partial charge in [-0.1, -0.05) is 5.16 Å². The summed E-state index contributed by atoms with van der Waals surface area (Å²) in [6, 6.07) is 0. The lowest BCUT2D eigenvalue weighted by molar-refractivity contribution is 0.0666. The SMILES string of the molecule is [CH]=NOC1CCCC1. The molecule has 45 valence electrons. The Morgan fingerprint density at radius 2 is 2.00 bits per heavy atom. The van der Waals surface area contributed by atoms with Crippen molar-refractivity contribution in [2.45, 2.75) is 31.8 Å². The Morgan fingerprint density at radius 3 is 2.50 bits per heavy atom. The number of hydrogen-bond donors (Lipinski definition) is 0. The average Bonchev–Trinajstić information content (AvgIpc) is 2.19. The van der Waals surface area contributed by atoms with Gasteiger partial charge in [0.25, 0.3) is 0 Å². The first-order valence-electron chi connectivity index (χ1n) is 2.99. The van der Waals surface area contributed by atoms with Crippen LogP contribution >= 0.6 is 0 Å². The summed E-state index contributed by atoms with van der Waals surface area (Å²) in [4.78, 5) is 4.81. The van der Waals surface area contributed by atoms with E-state index in [1.807, 2.05) is 0 Å². The van der Waals surface area contributed by atoms with Crippen LogP contribution in [0.3, 0.4) is 0 Å². The van der Waals surface area contributed by atoms with Crippen molar-refractivity contribution in [3.63, 3.8) is 0 Å². The van der Waals surface area contributed by atoms with E-state index in [1.165, 1.54) is 12.8 Å². The van der Waals surface area contributed by atoms with Crippen molar-refractivity contribution < 1.29 is 4.84 Å². The summed E-state index contributed by atoms with van der Waals surface area (Å²) in [6.45, 7) is 4.81. The minimum atomic E-state index is 0.319. The lowest BCUT2D eigenvalue weighted by Gasteiger charge is -2.02. The van der Waals surface area contributed by atoms with Crippen LogP contribution < -0.4 is 0 Å². The standard InChI is InChI=1S/C6H10NO/c1-7-8-6-4-2-3-5-6/h1,6H,2-5H2. The van der Waals surface area contributed by atoms with Gasteiger partial charge in [0.15, 0.2) is 0 Å². The Bertz CT molecular complexity index is 76.6. The summed E-state index contributed by atoms with van der Waals surface area (Å²) in [7, 11) is 0. The molecule has 1 rings (SSSR count). The molecule has 1 fully saturated rings. The molecule has 0 N–H and O–H groups in total. The molecule has 0 heterocycles. The van der Waals surface area contributed by atoms with E-state index >= 15 is 0 Å². The fourth-order valence-electron chi connectivity index (χ4n) is 1.08. The highest BCUT2D eigenvalue weighted by Gasteiger charge is 2.14. The fourth-order valence-corrected chi connectivity index (χ4v) is 1.08. The molecule has 0 amide bonds. The molecule has 1 radical (unpaired) electrons. The lowest BCUT2D eigenvalue weighted by Crippen LogP contribution is -2.00. The van der Waals surface area contributed by atoms with Crippen molar-refractivity contribution in [1.82, 2.24) is 0 Å². The maximum atomic E-state index is 4.81. The molecule has 1 saturated carbocycles. The normalized spacial score (nSPS) is 21.0. The van der Waals surface area contributed by atoms with Gasteiger partial charge in [-0.15, -0.1) is 0 Å². The van der Waals surface area contributed by atoms with Gasteiger partial charge in [0.2, 0.25) is 0 Å². The van der Waals surface area contributed by atoms with E-state index in [1.54, 1.807) is 0 Å². The minimum absolute atomic E-state index is 0.319. The van der Waals surface area contributed by atoms with Crippen molar-refractivity contribution in [3.05, 3.63) is 0 Å². The Labute approximate surface area is 49.5 Å². The van der Waals surface area contributed by atoms with Crippen LogP contribution in [0.1, 0.15) is 25.7 Å².